The molecular formula is C68H52N2. The van der Waals surface area contributed by atoms with Crippen molar-refractivity contribution >= 4 is 28.4 Å². The summed E-state index contributed by atoms with van der Waals surface area (Å²) in [6.07, 6.45) is 8.94. The van der Waals surface area contributed by atoms with Crippen molar-refractivity contribution in [1.82, 2.24) is 0 Å². The first-order chi connectivity index (χ1) is 34.7. The monoisotopic (exact) mass is 896 g/mol. The van der Waals surface area contributed by atoms with Gasteiger partial charge < -0.3 is 9.80 Å². The van der Waals surface area contributed by atoms with Crippen molar-refractivity contribution < 1.29 is 0 Å². The van der Waals surface area contributed by atoms with Gasteiger partial charge in [-0.2, -0.15) is 0 Å². The number of para-hydroxylation sites is 3. The number of rotatable bonds is 14. The molecule has 1 aliphatic rings. The molecule has 0 aliphatic heterocycles. The Bertz CT molecular complexity index is 3360. The SMILES string of the molecule is C=C/C=C\C=C(/Cc1ccccc1)N(c1ccccc1-c1ccccc1)c1cc2c(cc1-c1ccc(N(c3ccccc3)c3ccccc3)cc1)-c1ccccc1C2(c1ccccc1)c1ccccc1. The second-order valence-corrected chi connectivity index (χ2v) is 17.7. The lowest BCUT2D eigenvalue weighted by Crippen LogP contribution is -2.29. The second-order valence-electron chi connectivity index (χ2n) is 17.7. The molecule has 70 heavy (non-hydrogen) atoms. The Kier molecular flexibility index (Phi) is 12.3. The minimum atomic E-state index is -0.617. The molecule has 0 saturated carbocycles. The third-order valence-corrected chi connectivity index (χ3v) is 13.6. The number of hydrogen-bond acceptors (Lipinski definition) is 2. The first-order valence-corrected chi connectivity index (χ1v) is 24.1. The molecule has 0 atom stereocenters. The highest BCUT2D eigenvalue weighted by molar-refractivity contribution is 5.97. The van der Waals surface area contributed by atoms with Crippen LogP contribution in [0.2, 0.25) is 0 Å². The summed E-state index contributed by atoms with van der Waals surface area (Å²) < 4.78 is 0. The summed E-state index contributed by atoms with van der Waals surface area (Å²) >= 11 is 0. The number of nitrogens with zero attached hydrogens (tertiary/aromatic N) is 2. The smallest absolute Gasteiger partial charge is 0.0714 e. The van der Waals surface area contributed by atoms with Crippen LogP contribution >= 0.6 is 0 Å². The maximum atomic E-state index is 4.07. The van der Waals surface area contributed by atoms with Crippen LogP contribution in [0.25, 0.3) is 33.4 Å². The van der Waals surface area contributed by atoms with Crippen LogP contribution in [-0.2, 0) is 11.8 Å². The Labute approximate surface area is 412 Å². The van der Waals surface area contributed by atoms with E-state index in [1.54, 1.807) is 0 Å². The minimum absolute atomic E-state index is 0.617. The van der Waals surface area contributed by atoms with Gasteiger partial charge in [-0.3, -0.25) is 0 Å². The van der Waals surface area contributed by atoms with E-state index in [0.29, 0.717) is 6.42 Å². The third kappa shape index (κ3) is 8.16. The molecule has 10 aromatic carbocycles. The largest absolute Gasteiger partial charge is 0.313 e. The highest BCUT2D eigenvalue weighted by Gasteiger charge is 2.47. The van der Waals surface area contributed by atoms with Gasteiger partial charge in [-0.1, -0.05) is 237 Å². The van der Waals surface area contributed by atoms with Crippen molar-refractivity contribution in [3.63, 3.8) is 0 Å². The molecule has 0 saturated heterocycles. The molecule has 0 bridgehead atoms. The molecule has 0 radical (unpaired) electrons. The maximum absolute atomic E-state index is 4.07. The van der Waals surface area contributed by atoms with Gasteiger partial charge in [-0.05, 0) is 111 Å². The van der Waals surface area contributed by atoms with E-state index in [9.17, 15) is 0 Å². The molecular weight excluding hydrogens is 845 g/mol. The van der Waals surface area contributed by atoms with E-state index in [1.807, 2.05) is 12.2 Å². The van der Waals surface area contributed by atoms with Crippen molar-refractivity contribution in [3.05, 3.63) is 331 Å². The fraction of sp³-hybridized carbons (Fsp3) is 0.0294. The molecule has 0 fully saturated rings. The van der Waals surface area contributed by atoms with Crippen molar-refractivity contribution in [2.75, 3.05) is 9.80 Å². The molecule has 11 rings (SSSR count). The van der Waals surface area contributed by atoms with Gasteiger partial charge >= 0.3 is 0 Å². The average Bonchev–Trinajstić information content (AvgIpc) is 3.73. The number of anilines is 5. The fourth-order valence-corrected chi connectivity index (χ4v) is 10.5. The average molecular weight is 897 g/mol. The van der Waals surface area contributed by atoms with Crippen LogP contribution in [0.1, 0.15) is 27.8 Å². The van der Waals surface area contributed by atoms with Crippen molar-refractivity contribution in [2.24, 2.45) is 0 Å². The van der Waals surface area contributed by atoms with Crippen molar-refractivity contribution in [3.8, 4) is 33.4 Å². The summed E-state index contributed by atoms with van der Waals surface area (Å²) in [7, 11) is 0. The molecule has 2 heteroatoms. The zero-order valence-corrected chi connectivity index (χ0v) is 39.0. The van der Waals surface area contributed by atoms with E-state index in [0.717, 1.165) is 56.4 Å². The summed E-state index contributed by atoms with van der Waals surface area (Å²) in [4.78, 5) is 4.86. The molecule has 0 heterocycles. The van der Waals surface area contributed by atoms with Gasteiger partial charge in [0.05, 0.1) is 16.8 Å². The van der Waals surface area contributed by atoms with Crippen LogP contribution in [0.15, 0.2) is 304 Å². The van der Waals surface area contributed by atoms with Gasteiger partial charge in [0.1, 0.15) is 0 Å². The molecule has 0 amide bonds. The zero-order chi connectivity index (χ0) is 47.1. The Hall–Kier alpha value is -8.98. The van der Waals surface area contributed by atoms with Crippen LogP contribution < -0.4 is 9.80 Å². The first-order valence-electron chi connectivity index (χ1n) is 24.1. The van der Waals surface area contributed by atoms with E-state index < -0.39 is 5.41 Å². The van der Waals surface area contributed by atoms with Gasteiger partial charge in [-0.15, -0.1) is 0 Å². The highest BCUT2D eigenvalue weighted by Crippen LogP contribution is 2.59. The number of hydrogen-bond donors (Lipinski definition) is 0. The van der Waals surface area contributed by atoms with Crippen LogP contribution in [0, 0.1) is 0 Å². The minimum Gasteiger partial charge on any atom is -0.313 e. The molecule has 2 nitrogen and oxygen atoms in total. The van der Waals surface area contributed by atoms with E-state index in [-0.39, 0.29) is 0 Å². The summed E-state index contributed by atoms with van der Waals surface area (Å²) in [5.41, 5.74) is 19.1. The Morgan fingerprint density at radius 1 is 0.386 bits per heavy atom. The molecule has 0 spiro atoms. The molecule has 10 aromatic rings. The molecule has 0 aromatic heterocycles. The van der Waals surface area contributed by atoms with E-state index in [1.165, 1.54) is 38.9 Å². The lowest BCUT2D eigenvalue weighted by atomic mass is 9.67. The van der Waals surface area contributed by atoms with Crippen LogP contribution in [0.3, 0.4) is 0 Å². The highest BCUT2D eigenvalue weighted by atomic mass is 15.2. The summed E-state index contributed by atoms with van der Waals surface area (Å²) in [6, 6.07) is 97.1. The number of allylic oxidation sites excluding steroid dienone is 5. The van der Waals surface area contributed by atoms with Crippen molar-refractivity contribution in [1.29, 1.82) is 0 Å². The van der Waals surface area contributed by atoms with Crippen LogP contribution in [-0.4, -0.2) is 0 Å². The summed E-state index contributed by atoms with van der Waals surface area (Å²) in [6.45, 7) is 4.07. The summed E-state index contributed by atoms with van der Waals surface area (Å²) in [5, 5.41) is 0. The van der Waals surface area contributed by atoms with E-state index in [2.05, 4.69) is 295 Å². The molecule has 0 unspecified atom stereocenters. The normalized spacial score (nSPS) is 12.5. The molecule has 0 N–H and O–H groups in total. The zero-order valence-electron chi connectivity index (χ0n) is 39.0. The Morgan fingerprint density at radius 3 is 1.47 bits per heavy atom. The second kappa shape index (κ2) is 19.7. The van der Waals surface area contributed by atoms with Gasteiger partial charge in [0.2, 0.25) is 0 Å². The predicted octanol–water partition coefficient (Wildman–Crippen LogP) is 17.9. The van der Waals surface area contributed by atoms with E-state index >= 15 is 0 Å². The van der Waals surface area contributed by atoms with Crippen LogP contribution in [0.4, 0.5) is 28.4 Å². The fourth-order valence-electron chi connectivity index (χ4n) is 10.5. The number of benzene rings is 10. The summed E-state index contributed by atoms with van der Waals surface area (Å²) in [5.74, 6) is 0. The van der Waals surface area contributed by atoms with Crippen LogP contribution in [0.5, 0.6) is 0 Å². The third-order valence-electron chi connectivity index (χ3n) is 13.6. The standard InChI is InChI=1S/C68H52N2/c1-2-3-10-39-59(48-51-27-11-4-12-28-51)70(66-43-26-24-40-60(66)52-29-13-5-14-30-52)67-50-65-63(61-41-23-25-42-64(61)68(65,54-31-15-6-16-32-54)55-33-17-7-18-34-55)49-62(67)53-44-46-58(47-45-53)69(56-35-19-8-20-36-56)57-37-21-9-22-38-57/h2-47,49-50H,1,48H2/b10-3-,59-39+. The quantitative estimate of drug-likeness (QED) is 0.100. The first kappa shape index (κ1) is 43.6. The predicted molar refractivity (Wildman–Crippen MR) is 295 cm³/mol. The van der Waals surface area contributed by atoms with E-state index in [4.69, 9.17) is 0 Å². The van der Waals surface area contributed by atoms with Crippen molar-refractivity contribution in [2.45, 2.75) is 11.8 Å². The lowest BCUT2D eigenvalue weighted by molar-refractivity contribution is 0.768. The van der Waals surface area contributed by atoms with Gasteiger partial charge in [0, 0.05) is 40.3 Å². The lowest BCUT2D eigenvalue weighted by Gasteiger charge is -2.36. The topological polar surface area (TPSA) is 6.48 Å². The number of fused-ring (bicyclic) bond motifs is 3. The van der Waals surface area contributed by atoms with Gasteiger partial charge in [0.25, 0.3) is 0 Å². The van der Waals surface area contributed by atoms with Gasteiger partial charge in [-0.25, -0.2) is 0 Å². The van der Waals surface area contributed by atoms with Gasteiger partial charge in [0.15, 0.2) is 0 Å². The molecule has 334 valence electrons. The Balaban J connectivity index is 1.24. The molecule has 1 aliphatic carbocycles. The Morgan fingerprint density at radius 2 is 0.871 bits per heavy atom. The maximum Gasteiger partial charge on any atom is 0.0714 e.